The van der Waals surface area contributed by atoms with Crippen LogP contribution in [0, 0.1) is 10.1 Å². The van der Waals surface area contributed by atoms with E-state index in [2.05, 4.69) is 10.3 Å². The number of hydrogen-bond acceptors (Lipinski definition) is 5. The first-order valence-corrected chi connectivity index (χ1v) is 7.38. The lowest BCUT2D eigenvalue weighted by atomic mass is 9.92. The van der Waals surface area contributed by atoms with E-state index in [1.165, 1.54) is 31.2 Å². The van der Waals surface area contributed by atoms with E-state index in [4.69, 9.17) is 0 Å². The van der Waals surface area contributed by atoms with Gasteiger partial charge in [-0.25, -0.2) is 4.79 Å². The summed E-state index contributed by atoms with van der Waals surface area (Å²) in [7, 11) is 0. The molecule has 0 aliphatic carbocycles. The molecular weight excluding hydrogens is 328 g/mol. The number of carbonyl (C=O) groups excluding carboxylic acids is 3. The SMILES string of the molecule is CC1(c2ccc([N+](=O)[O-])cc2)NC(=O)N(CC(=O)c2ccc[nH]2)C1=O. The lowest BCUT2D eigenvalue weighted by Crippen LogP contribution is -2.41. The Bertz CT molecular complexity index is 859. The van der Waals surface area contributed by atoms with Gasteiger partial charge >= 0.3 is 6.03 Å². The first kappa shape index (κ1) is 16.4. The molecule has 1 saturated heterocycles. The molecule has 0 saturated carbocycles. The number of nitro benzene ring substituents is 1. The van der Waals surface area contributed by atoms with Crippen molar-refractivity contribution in [2.45, 2.75) is 12.5 Å². The number of H-pyrrole nitrogens is 1. The fraction of sp³-hybridized carbons (Fsp3) is 0.188. The molecule has 128 valence electrons. The Hall–Kier alpha value is -3.49. The number of aromatic amines is 1. The summed E-state index contributed by atoms with van der Waals surface area (Å²) in [6.07, 6.45) is 1.57. The number of urea groups is 1. The van der Waals surface area contributed by atoms with Gasteiger partial charge in [-0.05, 0) is 36.8 Å². The van der Waals surface area contributed by atoms with E-state index in [1.54, 1.807) is 18.3 Å². The number of nitrogens with one attached hydrogen (secondary N) is 2. The van der Waals surface area contributed by atoms with E-state index in [1.807, 2.05) is 0 Å². The van der Waals surface area contributed by atoms with Crippen LogP contribution in [0.15, 0.2) is 42.6 Å². The van der Waals surface area contributed by atoms with Crippen molar-refractivity contribution in [3.8, 4) is 0 Å². The second kappa shape index (κ2) is 5.86. The number of nitrogens with zero attached hydrogens (tertiary/aromatic N) is 2. The molecule has 1 aliphatic heterocycles. The van der Waals surface area contributed by atoms with Crippen molar-refractivity contribution < 1.29 is 19.3 Å². The Morgan fingerprint density at radius 2 is 1.92 bits per heavy atom. The Balaban J connectivity index is 1.84. The molecule has 1 atom stereocenters. The van der Waals surface area contributed by atoms with Crippen molar-refractivity contribution in [3.63, 3.8) is 0 Å². The van der Waals surface area contributed by atoms with Crippen LogP contribution in [0.4, 0.5) is 10.5 Å². The number of imide groups is 1. The summed E-state index contributed by atoms with van der Waals surface area (Å²) >= 11 is 0. The molecule has 2 N–H and O–H groups in total. The fourth-order valence-electron chi connectivity index (χ4n) is 2.69. The summed E-state index contributed by atoms with van der Waals surface area (Å²) in [6, 6.07) is 7.83. The van der Waals surface area contributed by atoms with Crippen LogP contribution in [0.5, 0.6) is 0 Å². The van der Waals surface area contributed by atoms with Crippen LogP contribution in [-0.4, -0.2) is 39.1 Å². The molecule has 9 nitrogen and oxygen atoms in total. The van der Waals surface area contributed by atoms with Crippen LogP contribution in [0.2, 0.25) is 0 Å². The largest absolute Gasteiger partial charge is 0.359 e. The minimum absolute atomic E-state index is 0.122. The fourth-order valence-corrected chi connectivity index (χ4v) is 2.69. The highest BCUT2D eigenvalue weighted by Crippen LogP contribution is 2.30. The normalized spacial score (nSPS) is 19.8. The lowest BCUT2D eigenvalue weighted by Gasteiger charge is -2.21. The molecule has 1 aromatic heterocycles. The number of hydrogen-bond donors (Lipinski definition) is 2. The summed E-state index contributed by atoms with van der Waals surface area (Å²) < 4.78 is 0. The van der Waals surface area contributed by atoms with Crippen LogP contribution >= 0.6 is 0 Å². The average Bonchev–Trinajstić information content (AvgIpc) is 3.19. The first-order chi connectivity index (χ1) is 11.8. The van der Waals surface area contributed by atoms with Crippen molar-refractivity contribution >= 4 is 23.4 Å². The predicted octanol–water partition coefficient (Wildman–Crippen LogP) is 1.57. The van der Waals surface area contributed by atoms with Gasteiger partial charge in [0.25, 0.3) is 11.6 Å². The Morgan fingerprint density at radius 3 is 2.48 bits per heavy atom. The molecule has 1 unspecified atom stereocenters. The zero-order chi connectivity index (χ0) is 18.2. The van der Waals surface area contributed by atoms with Gasteiger partial charge in [-0.15, -0.1) is 0 Å². The molecule has 9 heteroatoms. The second-order valence-electron chi connectivity index (χ2n) is 5.76. The highest BCUT2D eigenvalue weighted by atomic mass is 16.6. The maximum Gasteiger partial charge on any atom is 0.325 e. The van der Waals surface area contributed by atoms with Crippen LogP contribution in [0.3, 0.4) is 0 Å². The van der Waals surface area contributed by atoms with Gasteiger partial charge in [0.15, 0.2) is 5.78 Å². The highest BCUT2D eigenvalue weighted by molar-refractivity contribution is 6.10. The number of rotatable bonds is 5. The van der Waals surface area contributed by atoms with Gasteiger partial charge in [0, 0.05) is 18.3 Å². The van der Waals surface area contributed by atoms with Gasteiger partial charge in [0.1, 0.15) is 5.54 Å². The number of carbonyl (C=O) groups is 3. The van der Waals surface area contributed by atoms with Gasteiger partial charge in [-0.3, -0.25) is 24.6 Å². The molecule has 25 heavy (non-hydrogen) atoms. The molecular formula is C16H14N4O5. The Morgan fingerprint density at radius 1 is 1.24 bits per heavy atom. The smallest absolute Gasteiger partial charge is 0.325 e. The summed E-state index contributed by atoms with van der Waals surface area (Å²) in [6.45, 7) is 1.10. The van der Waals surface area contributed by atoms with Crippen molar-refractivity contribution in [2.24, 2.45) is 0 Å². The Labute approximate surface area is 141 Å². The zero-order valence-corrected chi connectivity index (χ0v) is 13.2. The van der Waals surface area contributed by atoms with Crippen LogP contribution in [-0.2, 0) is 10.3 Å². The molecule has 1 aliphatic rings. The zero-order valence-electron chi connectivity index (χ0n) is 13.2. The van der Waals surface area contributed by atoms with E-state index in [0.29, 0.717) is 11.3 Å². The summed E-state index contributed by atoms with van der Waals surface area (Å²) in [5, 5.41) is 13.3. The molecule has 0 bridgehead atoms. The van der Waals surface area contributed by atoms with Gasteiger partial charge in [-0.2, -0.15) is 0 Å². The average molecular weight is 342 g/mol. The Kier molecular flexibility index (Phi) is 3.84. The lowest BCUT2D eigenvalue weighted by molar-refractivity contribution is -0.384. The van der Waals surface area contributed by atoms with Crippen molar-refractivity contribution in [1.29, 1.82) is 0 Å². The molecule has 3 amide bonds. The quantitative estimate of drug-likeness (QED) is 0.369. The van der Waals surface area contributed by atoms with E-state index in [-0.39, 0.29) is 5.69 Å². The van der Waals surface area contributed by atoms with Crippen molar-refractivity contribution in [2.75, 3.05) is 6.54 Å². The number of Topliss-reactive ketones (excluding diaryl/α,β-unsaturated/α-hetero) is 1. The molecule has 1 aromatic carbocycles. The summed E-state index contributed by atoms with van der Waals surface area (Å²) in [4.78, 5) is 50.8. The molecule has 2 aromatic rings. The molecule has 3 rings (SSSR count). The predicted molar refractivity (Wildman–Crippen MR) is 85.8 cm³/mol. The molecule has 1 fully saturated rings. The van der Waals surface area contributed by atoms with Gasteiger partial charge in [0.05, 0.1) is 17.2 Å². The van der Waals surface area contributed by atoms with Crippen LogP contribution in [0.25, 0.3) is 0 Å². The monoisotopic (exact) mass is 342 g/mol. The third kappa shape index (κ3) is 2.75. The van der Waals surface area contributed by atoms with Crippen molar-refractivity contribution in [3.05, 3.63) is 64.0 Å². The van der Waals surface area contributed by atoms with Gasteiger partial charge in [-0.1, -0.05) is 0 Å². The van der Waals surface area contributed by atoms with E-state index < -0.39 is 34.7 Å². The molecule has 2 heterocycles. The van der Waals surface area contributed by atoms with Gasteiger partial charge in [0.2, 0.25) is 0 Å². The summed E-state index contributed by atoms with van der Waals surface area (Å²) in [5.41, 5.74) is -0.818. The third-order valence-corrected chi connectivity index (χ3v) is 4.13. The minimum Gasteiger partial charge on any atom is -0.359 e. The standard InChI is InChI=1S/C16H14N4O5/c1-16(10-4-6-11(7-5-10)20(24)25)14(22)19(15(23)18-16)9-13(21)12-3-2-8-17-12/h2-8,17H,9H2,1H3,(H,18,23). The van der Waals surface area contributed by atoms with E-state index >= 15 is 0 Å². The molecule has 0 spiro atoms. The van der Waals surface area contributed by atoms with Crippen molar-refractivity contribution in [1.82, 2.24) is 15.2 Å². The third-order valence-electron chi connectivity index (χ3n) is 4.13. The van der Waals surface area contributed by atoms with E-state index in [0.717, 1.165) is 4.90 Å². The number of amides is 3. The summed E-state index contributed by atoms with van der Waals surface area (Å²) in [5.74, 6) is -0.993. The number of aromatic nitrogens is 1. The maximum absolute atomic E-state index is 12.7. The van der Waals surface area contributed by atoms with E-state index in [9.17, 15) is 24.5 Å². The number of ketones is 1. The maximum atomic E-state index is 12.7. The second-order valence-corrected chi connectivity index (χ2v) is 5.76. The number of benzene rings is 1. The highest BCUT2D eigenvalue weighted by Gasteiger charge is 2.49. The topological polar surface area (TPSA) is 125 Å². The minimum atomic E-state index is -1.39. The van der Waals surface area contributed by atoms with Gasteiger partial charge < -0.3 is 10.3 Å². The number of nitro groups is 1. The molecule has 0 radical (unpaired) electrons. The van der Waals surface area contributed by atoms with Crippen LogP contribution in [0.1, 0.15) is 23.0 Å². The first-order valence-electron chi connectivity index (χ1n) is 7.38. The number of non-ortho nitro benzene ring substituents is 1. The van der Waals surface area contributed by atoms with Crippen LogP contribution < -0.4 is 5.32 Å².